The highest BCUT2D eigenvalue weighted by Gasteiger charge is 2.35. The van der Waals surface area contributed by atoms with Gasteiger partial charge in [0, 0.05) is 157 Å². The van der Waals surface area contributed by atoms with E-state index in [-0.39, 0.29) is 29.2 Å². The van der Waals surface area contributed by atoms with Gasteiger partial charge in [0.15, 0.2) is 0 Å². The van der Waals surface area contributed by atoms with Crippen LogP contribution in [0.5, 0.6) is 0 Å². The largest absolute Gasteiger partial charge is 0.444 e. The summed E-state index contributed by atoms with van der Waals surface area (Å²) in [5, 5.41) is 11.5. The van der Waals surface area contributed by atoms with Gasteiger partial charge in [-0.05, 0) is 127 Å². The molecule has 0 bridgehead atoms. The molecule has 10 rings (SSSR count). The summed E-state index contributed by atoms with van der Waals surface area (Å²) in [6.07, 6.45) is 4.42. The number of aryl methyl sites for hydroxylation is 2. The van der Waals surface area contributed by atoms with Gasteiger partial charge in [0.25, 0.3) is 11.1 Å². The summed E-state index contributed by atoms with van der Waals surface area (Å²) < 4.78 is 14.2. The van der Waals surface area contributed by atoms with Gasteiger partial charge < -0.3 is 49.9 Å². The third-order valence-corrected chi connectivity index (χ3v) is 14.0. The number of piperazine rings is 2. The Kier molecular flexibility index (Phi) is 16.3. The zero-order valence-corrected chi connectivity index (χ0v) is 45.3. The van der Waals surface area contributed by atoms with Crippen molar-refractivity contribution in [1.29, 1.82) is 0 Å². The third kappa shape index (κ3) is 14.0. The quantitative estimate of drug-likeness (QED) is 0.117. The Balaban J connectivity index is 0.000000188. The minimum absolute atomic E-state index is 0.0964. The normalized spacial score (nSPS) is 16.3. The Morgan fingerprint density at radius 2 is 0.961 bits per heavy atom. The third-order valence-electron chi connectivity index (χ3n) is 14.0. The number of ether oxygens (including phenoxy) is 2. The number of aromatic nitrogens is 6. The number of likely N-dealkylation sites (tertiary alicyclic amines) is 2. The zero-order chi connectivity index (χ0) is 54.4. The van der Waals surface area contributed by atoms with Gasteiger partial charge in [0.05, 0.1) is 0 Å². The molecule has 0 saturated carbocycles. The number of carbonyl (C=O) groups excluding carboxylic acids is 3. The predicted molar refractivity (Wildman–Crippen MR) is 298 cm³/mol. The van der Waals surface area contributed by atoms with Crippen LogP contribution in [-0.2, 0) is 27.4 Å². The number of nitrogens with zero attached hydrogens (tertiary/aromatic N) is 11. The molecule has 4 aliphatic heterocycles. The maximum atomic E-state index is 12.8. The van der Waals surface area contributed by atoms with Crippen molar-refractivity contribution in [3.05, 3.63) is 106 Å². The number of benzene rings is 2. The molecule has 4 fully saturated rings. The second-order valence-corrected chi connectivity index (χ2v) is 22.2. The lowest BCUT2D eigenvalue weighted by atomic mass is 9.97. The van der Waals surface area contributed by atoms with E-state index in [2.05, 4.69) is 57.8 Å². The topological polar surface area (TPSA) is 218 Å². The van der Waals surface area contributed by atoms with Crippen molar-refractivity contribution in [2.45, 2.75) is 85.6 Å². The number of pyridine rings is 2. The number of rotatable bonds is 12. The maximum absolute atomic E-state index is 12.8. The van der Waals surface area contributed by atoms with Crippen LogP contribution in [-0.4, -0.2) is 152 Å². The van der Waals surface area contributed by atoms with E-state index in [0.717, 1.165) is 93.0 Å². The molecule has 4 saturated heterocycles. The number of anilines is 6. The van der Waals surface area contributed by atoms with Crippen molar-refractivity contribution in [2.75, 3.05) is 99.0 Å². The van der Waals surface area contributed by atoms with Crippen LogP contribution >= 0.6 is 0 Å². The molecule has 2 aromatic carbocycles. The summed E-state index contributed by atoms with van der Waals surface area (Å²) in [6, 6.07) is 22.9. The number of hydrogen-bond donors (Lipinski definition) is 3. The summed E-state index contributed by atoms with van der Waals surface area (Å²) in [6.45, 7) is 23.4. The first kappa shape index (κ1) is 54.0. The van der Waals surface area contributed by atoms with Crippen LogP contribution in [0.3, 0.4) is 0 Å². The van der Waals surface area contributed by atoms with Crippen molar-refractivity contribution >= 4 is 74.8 Å². The Labute approximate surface area is 448 Å². The van der Waals surface area contributed by atoms with Crippen molar-refractivity contribution in [1.82, 2.24) is 49.1 Å². The van der Waals surface area contributed by atoms with Gasteiger partial charge in [-0.3, -0.25) is 23.5 Å². The van der Waals surface area contributed by atoms with E-state index in [0.29, 0.717) is 74.3 Å². The summed E-state index contributed by atoms with van der Waals surface area (Å²) in [5.74, 6) is 1.60. The first-order chi connectivity index (χ1) is 36.8. The molecule has 21 heteroatoms. The van der Waals surface area contributed by atoms with E-state index in [4.69, 9.17) is 9.47 Å². The summed E-state index contributed by atoms with van der Waals surface area (Å²) >= 11 is 0. The molecule has 21 nitrogen and oxygen atoms in total. The Hall–Kier alpha value is -7.81. The molecule has 0 atom stereocenters. The predicted octanol–water partition coefficient (Wildman–Crippen LogP) is 6.66. The molecule has 3 N–H and O–H groups in total. The SMILES string of the molecule is CC(=O)N1CCN(c2ccc(Nc3ncc4ccc(=O)n(CCC5CN(C(=O)OC(C)(C)C)C5)c4n3)cc2)CC1.CC(C)(C)OC(=O)N1CC(CCn2c(=O)ccc3cnc(Nc4ccc(N5CCNCC5)cc4)nc32)C1. The van der Waals surface area contributed by atoms with Crippen molar-refractivity contribution < 1.29 is 23.9 Å². The fourth-order valence-corrected chi connectivity index (χ4v) is 9.75. The van der Waals surface area contributed by atoms with E-state index < -0.39 is 11.2 Å². The van der Waals surface area contributed by atoms with Crippen LogP contribution in [0.15, 0.2) is 94.8 Å². The molecule has 0 aliphatic carbocycles. The highest BCUT2D eigenvalue weighted by Crippen LogP contribution is 2.27. The van der Waals surface area contributed by atoms with E-state index in [1.165, 1.54) is 5.69 Å². The number of nitrogens with one attached hydrogen (secondary N) is 3. The average molecular weight is 1050 g/mol. The highest BCUT2D eigenvalue weighted by molar-refractivity contribution is 5.77. The first-order valence-electron chi connectivity index (χ1n) is 26.7. The van der Waals surface area contributed by atoms with E-state index in [1.54, 1.807) is 62.5 Å². The van der Waals surface area contributed by atoms with Gasteiger partial charge in [-0.15, -0.1) is 0 Å². The number of amides is 3. The minimum atomic E-state index is -0.515. The Morgan fingerprint density at radius 3 is 1.35 bits per heavy atom. The molecular weight excluding hydrogens is 981 g/mol. The van der Waals surface area contributed by atoms with Crippen molar-refractivity contribution in [2.24, 2.45) is 11.8 Å². The van der Waals surface area contributed by atoms with Crippen LogP contribution in [0, 0.1) is 11.8 Å². The molecule has 4 aromatic heterocycles. The van der Waals surface area contributed by atoms with Gasteiger partial charge in [-0.1, -0.05) is 0 Å². The van der Waals surface area contributed by atoms with Crippen LogP contribution < -0.4 is 36.9 Å². The molecule has 3 amide bonds. The van der Waals surface area contributed by atoms with E-state index >= 15 is 0 Å². The average Bonchev–Trinajstić information content (AvgIpc) is 3.37. The van der Waals surface area contributed by atoms with Gasteiger partial charge in [0.1, 0.15) is 22.5 Å². The van der Waals surface area contributed by atoms with E-state index in [9.17, 15) is 24.0 Å². The molecule has 0 unspecified atom stereocenters. The molecule has 408 valence electrons. The van der Waals surface area contributed by atoms with Crippen molar-refractivity contribution in [3.63, 3.8) is 0 Å². The number of carbonyl (C=O) groups is 3. The molecule has 0 spiro atoms. The molecule has 0 radical (unpaired) electrons. The molecule has 6 aromatic rings. The number of fused-ring (bicyclic) bond motifs is 2. The monoisotopic (exact) mass is 1050 g/mol. The molecule has 77 heavy (non-hydrogen) atoms. The van der Waals surface area contributed by atoms with E-state index in [1.807, 2.05) is 82.8 Å². The summed E-state index contributed by atoms with van der Waals surface area (Å²) in [4.78, 5) is 89.7. The first-order valence-corrected chi connectivity index (χ1v) is 26.7. The van der Waals surface area contributed by atoms with Crippen molar-refractivity contribution in [3.8, 4) is 0 Å². The summed E-state index contributed by atoms with van der Waals surface area (Å²) in [5.41, 5.74) is 3.97. The Bertz CT molecular complexity index is 3160. The lowest BCUT2D eigenvalue weighted by Crippen LogP contribution is -2.51. The van der Waals surface area contributed by atoms with Gasteiger partial charge in [-0.2, -0.15) is 9.97 Å². The smallest absolute Gasteiger partial charge is 0.410 e. The lowest BCUT2D eigenvalue weighted by Gasteiger charge is -2.39. The zero-order valence-electron chi connectivity index (χ0n) is 45.3. The van der Waals surface area contributed by atoms with Crippen LogP contribution in [0.2, 0.25) is 0 Å². The maximum Gasteiger partial charge on any atom is 0.410 e. The second-order valence-electron chi connectivity index (χ2n) is 22.2. The van der Waals surface area contributed by atoms with Gasteiger partial charge >= 0.3 is 12.2 Å². The van der Waals surface area contributed by atoms with Gasteiger partial charge in [-0.25, -0.2) is 19.6 Å². The molecule has 4 aliphatic rings. The summed E-state index contributed by atoms with van der Waals surface area (Å²) in [7, 11) is 0. The minimum Gasteiger partial charge on any atom is -0.444 e. The van der Waals surface area contributed by atoms with Crippen LogP contribution in [0.4, 0.5) is 44.2 Å². The lowest BCUT2D eigenvalue weighted by molar-refractivity contribution is -0.129. The Morgan fingerprint density at radius 1 is 0.558 bits per heavy atom. The van der Waals surface area contributed by atoms with Gasteiger partial charge in [0.2, 0.25) is 17.8 Å². The second kappa shape index (κ2) is 23.2. The van der Waals surface area contributed by atoms with Crippen LogP contribution in [0.25, 0.3) is 22.1 Å². The molecule has 8 heterocycles. The number of hydrogen-bond acceptors (Lipinski definition) is 16. The molecular formula is C56H72N14O7. The van der Waals surface area contributed by atoms with Crippen LogP contribution in [0.1, 0.15) is 61.3 Å². The standard InChI is InChI=1S/C29H37N7O4.C27H35N7O3/c1-20(37)33-13-15-34(16-14-33)24-8-6-23(7-9-24)31-27-30-17-22-5-10-25(38)36(26(22)32-27)12-11-21-18-35(19-21)28(39)40-29(2,3)4;1-27(2,3)37-26(36)33-17-19(18-33)10-13-34-23(35)9-4-20-16-29-25(31-24(20)34)30-21-5-7-22(8-6-21)32-14-11-28-12-15-32/h5-10,17,21H,11-16,18-19H2,1-4H3,(H,30,31,32);4-9,16,19,28H,10-15,17-18H2,1-3H3,(H,29,30,31). The highest BCUT2D eigenvalue weighted by atomic mass is 16.6. The fourth-order valence-electron chi connectivity index (χ4n) is 9.75. The fraction of sp³-hybridized carbons (Fsp3) is 0.482.